The van der Waals surface area contributed by atoms with Gasteiger partial charge in [0.2, 0.25) is 0 Å². The second-order valence-electron chi connectivity index (χ2n) is 13.3. The summed E-state index contributed by atoms with van der Waals surface area (Å²) in [5, 5.41) is 11.9. The van der Waals surface area contributed by atoms with Crippen LogP contribution in [0.5, 0.6) is 0 Å². The van der Waals surface area contributed by atoms with Crippen molar-refractivity contribution in [1.29, 1.82) is 0 Å². The van der Waals surface area contributed by atoms with E-state index in [1.54, 1.807) is 55.4 Å². The first-order valence-electron chi connectivity index (χ1n) is 14.7. The van der Waals surface area contributed by atoms with Crippen LogP contribution in [-0.2, 0) is 35.0 Å². The Kier molecular flexibility index (Phi) is 10.8. The number of amides is 2. The fourth-order valence-corrected chi connectivity index (χ4v) is 5.24. The number of benzene rings is 2. The minimum Gasteiger partial charge on any atom is -0.481 e. The summed E-state index contributed by atoms with van der Waals surface area (Å²) in [5.74, 6) is -3.18. The van der Waals surface area contributed by atoms with Crippen molar-refractivity contribution in [1.82, 2.24) is 4.90 Å². The lowest BCUT2D eigenvalue weighted by molar-refractivity contribution is -0.158. The van der Waals surface area contributed by atoms with Gasteiger partial charge in [-0.3, -0.25) is 4.79 Å². The monoisotopic (exact) mass is 599 g/mol. The van der Waals surface area contributed by atoms with Crippen LogP contribution in [0.3, 0.4) is 0 Å². The van der Waals surface area contributed by atoms with Gasteiger partial charge < -0.3 is 24.1 Å². The molecule has 0 aromatic heterocycles. The van der Waals surface area contributed by atoms with Crippen LogP contribution in [-0.4, -0.2) is 70.7 Å². The number of aliphatic carboxylic acids is 1. The van der Waals surface area contributed by atoms with Gasteiger partial charge in [-0.05, 0) is 83.6 Å². The molecule has 43 heavy (non-hydrogen) atoms. The number of carboxylic acid groups (broad SMARTS) is 1. The third-order valence-corrected chi connectivity index (χ3v) is 7.29. The summed E-state index contributed by atoms with van der Waals surface area (Å²) < 4.78 is 22.9. The molecule has 2 amide bonds. The second kappa shape index (κ2) is 13.8. The number of hydrogen-bond acceptors (Lipinski definition) is 8. The zero-order chi connectivity index (χ0) is 32.1. The molecule has 1 N–H and O–H groups in total. The Labute approximate surface area is 253 Å². The van der Waals surface area contributed by atoms with Gasteiger partial charge in [-0.25, -0.2) is 14.4 Å². The summed E-state index contributed by atoms with van der Waals surface area (Å²) in [6.07, 6.45) is -2.12. The highest BCUT2D eigenvalue weighted by Crippen LogP contribution is 2.33. The molecule has 0 spiro atoms. The molecule has 1 saturated heterocycles. The Morgan fingerprint density at radius 3 is 2.12 bits per heavy atom. The number of ether oxygens (including phenoxy) is 4. The van der Waals surface area contributed by atoms with E-state index in [0.29, 0.717) is 11.3 Å². The molecule has 0 saturated carbocycles. The number of cyclic esters (lactones) is 1. The molecular formula is C33H45NO9. The zero-order valence-corrected chi connectivity index (χ0v) is 26.4. The van der Waals surface area contributed by atoms with E-state index < -0.39 is 59.3 Å². The first-order valence-corrected chi connectivity index (χ1v) is 14.7. The predicted octanol–water partition coefficient (Wildman–Crippen LogP) is 6.23. The number of esters is 1. The van der Waals surface area contributed by atoms with E-state index in [0.717, 1.165) is 16.3 Å². The van der Waals surface area contributed by atoms with Crippen LogP contribution in [0.4, 0.5) is 9.59 Å². The third kappa shape index (κ3) is 9.41. The van der Waals surface area contributed by atoms with E-state index in [1.807, 2.05) is 42.5 Å². The van der Waals surface area contributed by atoms with Crippen molar-refractivity contribution in [3.8, 4) is 0 Å². The van der Waals surface area contributed by atoms with Gasteiger partial charge in [0, 0.05) is 5.92 Å². The summed E-state index contributed by atoms with van der Waals surface area (Å²) in [6.45, 7) is 13.0. The summed E-state index contributed by atoms with van der Waals surface area (Å²) in [6, 6.07) is 12.5. The molecule has 1 fully saturated rings. The van der Waals surface area contributed by atoms with Crippen molar-refractivity contribution >= 4 is 34.9 Å². The van der Waals surface area contributed by atoms with E-state index in [-0.39, 0.29) is 25.6 Å². The molecule has 1 aliphatic rings. The molecule has 1 unspecified atom stereocenters. The van der Waals surface area contributed by atoms with Gasteiger partial charge in [0.1, 0.15) is 17.3 Å². The first-order chi connectivity index (χ1) is 20.0. The molecule has 5 atom stereocenters. The SMILES string of the molecule is CC(C[C@@H]1[C@H](Cc2cccc3ccccc23)COC[C@H](N(C(=O)OC(C)(C)C)C(=O)OC(C)(C)C)C(=O)O[C@H]1C)C(=O)O. The number of imide groups is 1. The lowest BCUT2D eigenvalue weighted by atomic mass is 9.78. The Hall–Kier alpha value is -3.66. The van der Waals surface area contributed by atoms with Crippen molar-refractivity contribution in [3.63, 3.8) is 0 Å². The van der Waals surface area contributed by atoms with Crippen LogP contribution in [0.25, 0.3) is 10.8 Å². The molecule has 2 aromatic carbocycles. The molecule has 10 heteroatoms. The minimum absolute atomic E-state index is 0.133. The Morgan fingerprint density at radius 1 is 0.953 bits per heavy atom. The second-order valence-corrected chi connectivity index (χ2v) is 13.3. The van der Waals surface area contributed by atoms with E-state index in [4.69, 9.17) is 18.9 Å². The minimum atomic E-state index is -1.49. The number of nitrogens with zero attached hydrogens (tertiary/aromatic N) is 1. The van der Waals surface area contributed by atoms with Crippen molar-refractivity contribution in [3.05, 3.63) is 48.0 Å². The molecular weight excluding hydrogens is 554 g/mol. The van der Waals surface area contributed by atoms with Crippen molar-refractivity contribution < 1.29 is 43.2 Å². The fourth-order valence-electron chi connectivity index (χ4n) is 5.24. The molecule has 3 rings (SSSR count). The highest BCUT2D eigenvalue weighted by atomic mass is 16.6. The standard InChI is InChI=1S/C33H45NO9/c1-20(28(35)36)16-26-21(2)41-29(37)27(34(30(38)42-32(3,4)5)31(39)43-33(6,7)8)19-40-18-24(26)17-23-14-11-13-22-12-9-10-15-25(22)23/h9-15,20-21,24,26-27H,16-19H2,1-8H3,(H,35,36)/t20?,21-,24+,26-,27-/m0/s1. The largest absolute Gasteiger partial charge is 0.481 e. The summed E-state index contributed by atoms with van der Waals surface area (Å²) in [7, 11) is 0. The molecule has 236 valence electrons. The quantitative estimate of drug-likeness (QED) is 0.303. The lowest BCUT2D eigenvalue weighted by Gasteiger charge is -2.33. The maximum Gasteiger partial charge on any atom is 0.420 e. The molecule has 1 aliphatic heterocycles. The number of carboxylic acids is 1. The van der Waals surface area contributed by atoms with Crippen LogP contribution < -0.4 is 0 Å². The number of rotatable bonds is 6. The molecule has 1 heterocycles. The Morgan fingerprint density at radius 2 is 1.53 bits per heavy atom. The van der Waals surface area contributed by atoms with Crippen LogP contribution in [0.15, 0.2) is 42.5 Å². The van der Waals surface area contributed by atoms with Gasteiger partial charge in [0.25, 0.3) is 0 Å². The van der Waals surface area contributed by atoms with Gasteiger partial charge >= 0.3 is 24.1 Å². The van der Waals surface area contributed by atoms with Crippen LogP contribution in [0.1, 0.15) is 67.4 Å². The van der Waals surface area contributed by atoms with E-state index in [1.165, 1.54) is 0 Å². The summed E-state index contributed by atoms with van der Waals surface area (Å²) >= 11 is 0. The van der Waals surface area contributed by atoms with Gasteiger partial charge in [0.15, 0.2) is 6.04 Å². The third-order valence-electron chi connectivity index (χ3n) is 7.29. The Balaban J connectivity index is 2.00. The van der Waals surface area contributed by atoms with E-state index in [9.17, 15) is 24.3 Å². The van der Waals surface area contributed by atoms with Crippen molar-refractivity contribution in [2.75, 3.05) is 13.2 Å². The van der Waals surface area contributed by atoms with Gasteiger partial charge in [-0.1, -0.05) is 49.4 Å². The van der Waals surface area contributed by atoms with Crippen LogP contribution in [0.2, 0.25) is 0 Å². The van der Waals surface area contributed by atoms with Gasteiger partial charge in [-0.2, -0.15) is 4.90 Å². The molecule has 2 aromatic rings. The maximum absolute atomic E-state index is 13.6. The lowest BCUT2D eigenvalue weighted by Crippen LogP contribution is -2.54. The average Bonchev–Trinajstić information content (AvgIpc) is 2.92. The summed E-state index contributed by atoms with van der Waals surface area (Å²) in [4.78, 5) is 52.7. The van der Waals surface area contributed by atoms with Crippen LogP contribution in [0, 0.1) is 17.8 Å². The number of hydrogen-bond donors (Lipinski definition) is 1. The Bertz CT molecular complexity index is 1280. The van der Waals surface area contributed by atoms with E-state index >= 15 is 0 Å². The molecule has 0 bridgehead atoms. The smallest absolute Gasteiger partial charge is 0.420 e. The number of carbonyl (C=O) groups excluding carboxylic acids is 3. The van der Waals surface area contributed by atoms with Gasteiger partial charge in [-0.15, -0.1) is 0 Å². The topological polar surface area (TPSA) is 129 Å². The number of carbonyl (C=O) groups is 4. The van der Waals surface area contributed by atoms with E-state index in [2.05, 4.69) is 0 Å². The average molecular weight is 600 g/mol. The maximum atomic E-state index is 13.6. The van der Waals surface area contributed by atoms with Crippen molar-refractivity contribution in [2.45, 2.75) is 91.6 Å². The highest BCUT2D eigenvalue weighted by molar-refractivity contribution is 5.94. The molecule has 0 radical (unpaired) electrons. The summed E-state index contributed by atoms with van der Waals surface area (Å²) in [5.41, 5.74) is -0.872. The predicted molar refractivity (Wildman–Crippen MR) is 161 cm³/mol. The first kappa shape index (κ1) is 33.8. The number of fused-ring (bicyclic) bond motifs is 1. The molecule has 0 aliphatic carbocycles. The van der Waals surface area contributed by atoms with Gasteiger partial charge in [0.05, 0.1) is 19.1 Å². The zero-order valence-electron chi connectivity index (χ0n) is 26.4. The highest BCUT2D eigenvalue weighted by Gasteiger charge is 2.44. The van der Waals surface area contributed by atoms with Crippen molar-refractivity contribution in [2.24, 2.45) is 17.8 Å². The van der Waals surface area contributed by atoms with Crippen LogP contribution >= 0.6 is 0 Å². The fraction of sp³-hybridized carbons (Fsp3) is 0.576. The molecule has 10 nitrogen and oxygen atoms in total. The normalized spacial score (nSPS) is 22.4.